The molecule has 5 heteroatoms. The maximum absolute atomic E-state index is 11.0. The number of aromatic nitrogens is 3. The van der Waals surface area contributed by atoms with Gasteiger partial charge in [-0.2, -0.15) is 4.98 Å². The van der Waals surface area contributed by atoms with Crippen LogP contribution in [0.25, 0.3) is 11.4 Å². The molecule has 5 nitrogen and oxygen atoms in total. The number of nitrogens with zero attached hydrogens (tertiary/aromatic N) is 1. The van der Waals surface area contributed by atoms with E-state index in [2.05, 4.69) is 9.97 Å². The van der Waals surface area contributed by atoms with Crippen LogP contribution in [0.1, 0.15) is 5.56 Å². The molecule has 0 aliphatic carbocycles. The summed E-state index contributed by atoms with van der Waals surface area (Å²) >= 11 is 0. The van der Waals surface area contributed by atoms with Crippen molar-refractivity contribution in [2.24, 2.45) is 0 Å². The maximum Gasteiger partial charge on any atom is 0.351 e. The molecule has 0 bridgehead atoms. The minimum Gasteiger partial charge on any atom is -0.291 e. The summed E-state index contributed by atoms with van der Waals surface area (Å²) < 4.78 is 0. The molecule has 0 aliphatic rings. The van der Waals surface area contributed by atoms with Crippen LogP contribution < -0.4 is 11.4 Å². The van der Waals surface area contributed by atoms with Gasteiger partial charge in [-0.05, 0) is 13.0 Å². The monoisotopic (exact) mass is 203 g/mol. The van der Waals surface area contributed by atoms with Gasteiger partial charge in [0.05, 0.1) is 0 Å². The van der Waals surface area contributed by atoms with Gasteiger partial charge in [-0.15, -0.1) is 0 Å². The van der Waals surface area contributed by atoms with Crippen molar-refractivity contribution in [3.63, 3.8) is 0 Å². The minimum atomic E-state index is -0.643. The van der Waals surface area contributed by atoms with Gasteiger partial charge in [-0.3, -0.25) is 9.97 Å². The van der Waals surface area contributed by atoms with Gasteiger partial charge >= 0.3 is 11.4 Å². The Labute approximate surface area is 84.8 Å². The summed E-state index contributed by atoms with van der Waals surface area (Å²) in [5.74, 6) is 0.285. The smallest absolute Gasteiger partial charge is 0.291 e. The molecule has 2 aromatic rings. The zero-order chi connectivity index (χ0) is 10.8. The summed E-state index contributed by atoms with van der Waals surface area (Å²) in [6.07, 6.45) is 0. The lowest BCUT2D eigenvalue weighted by molar-refractivity contribution is 0.942. The molecule has 0 spiro atoms. The van der Waals surface area contributed by atoms with Crippen LogP contribution >= 0.6 is 0 Å². The van der Waals surface area contributed by atoms with E-state index >= 15 is 0 Å². The molecule has 15 heavy (non-hydrogen) atoms. The van der Waals surface area contributed by atoms with E-state index in [1.165, 1.54) is 0 Å². The molecule has 2 N–H and O–H groups in total. The molecule has 1 aromatic heterocycles. The summed E-state index contributed by atoms with van der Waals surface area (Å²) in [4.78, 5) is 30.2. The third-order valence-electron chi connectivity index (χ3n) is 1.96. The first kappa shape index (κ1) is 9.39. The highest BCUT2D eigenvalue weighted by atomic mass is 16.2. The number of benzene rings is 1. The second-order valence-corrected chi connectivity index (χ2v) is 3.21. The van der Waals surface area contributed by atoms with Crippen molar-refractivity contribution < 1.29 is 0 Å². The molecule has 0 saturated carbocycles. The van der Waals surface area contributed by atoms with E-state index in [0.29, 0.717) is 0 Å². The van der Waals surface area contributed by atoms with Gasteiger partial charge in [0.1, 0.15) is 5.82 Å². The standard InChI is InChI=1S/C10H9N3O2/c1-6-3-2-4-7(5-6)8-11-9(14)13-10(15)12-8/h2-5H,1H3,(H2,11,12,13,14,15). The van der Waals surface area contributed by atoms with Crippen LogP contribution in [0.15, 0.2) is 33.9 Å². The molecule has 0 saturated heterocycles. The van der Waals surface area contributed by atoms with Crippen molar-refractivity contribution in [2.45, 2.75) is 6.92 Å². The number of hydrogen-bond acceptors (Lipinski definition) is 3. The Balaban J connectivity index is 2.64. The largest absolute Gasteiger partial charge is 0.351 e. The summed E-state index contributed by atoms with van der Waals surface area (Å²) in [7, 11) is 0. The number of H-pyrrole nitrogens is 2. The molecule has 0 amide bonds. The zero-order valence-electron chi connectivity index (χ0n) is 8.07. The van der Waals surface area contributed by atoms with Gasteiger partial charge < -0.3 is 0 Å². The predicted octanol–water partition coefficient (Wildman–Crippen LogP) is 0.434. The first-order valence-electron chi connectivity index (χ1n) is 4.43. The van der Waals surface area contributed by atoms with Gasteiger partial charge in [0.15, 0.2) is 0 Å². The molecule has 0 fully saturated rings. The van der Waals surface area contributed by atoms with Crippen LogP contribution in [0.3, 0.4) is 0 Å². The zero-order valence-corrected chi connectivity index (χ0v) is 8.07. The molecular weight excluding hydrogens is 194 g/mol. The van der Waals surface area contributed by atoms with E-state index < -0.39 is 11.4 Å². The van der Waals surface area contributed by atoms with Crippen LogP contribution in [0.5, 0.6) is 0 Å². The van der Waals surface area contributed by atoms with Gasteiger partial charge in [-0.1, -0.05) is 23.8 Å². The van der Waals surface area contributed by atoms with Crippen LogP contribution in [-0.2, 0) is 0 Å². The highest BCUT2D eigenvalue weighted by Gasteiger charge is 2.01. The van der Waals surface area contributed by atoms with Crippen LogP contribution in [0.2, 0.25) is 0 Å². The second kappa shape index (κ2) is 3.53. The predicted molar refractivity (Wildman–Crippen MR) is 55.7 cm³/mol. The van der Waals surface area contributed by atoms with Gasteiger partial charge in [0.25, 0.3) is 0 Å². The topological polar surface area (TPSA) is 78.6 Å². The average Bonchev–Trinajstić information content (AvgIpc) is 2.16. The third kappa shape index (κ3) is 2.01. The van der Waals surface area contributed by atoms with E-state index in [0.717, 1.165) is 11.1 Å². The van der Waals surface area contributed by atoms with Crippen molar-refractivity contribution in [3.05, 3.63) is 50.8 Å². The number of aromatic amines is 2. The fourth-order valence-corrected chi connectivity index (χ4v) is 1.32. The van der Waals surface area contributed by atoms with Crippen molar-refractivity contribution in [1.82, 2.24) is 15.0 Å². The van der Waals surface area contributed by atoms with Gasteiger partial charge in [-0.25, -0.2) is 9.59 Å². The Kier molecular flexibility index (Phi) is 2.21. The molecule has 1 heterocycles. The lowest BCUT2D eigenvalue weighted by Crippen LogP contribution is -2.25. The first-order valence-corrected chi connectivity index (χ1v) is 4.43. The molecule has 0 radical (unpaired) electrons. The molecule has 0 aliphatic heterocycles. The molecule has 2 rings (SSSR count). The lowest BCUT2D eigenvalue weighted by Gasteiger charge is -1.99. The average molecular weight is 203 g/mol. The first-order chi connectivity index (χ1) is 7.15. The van der Waals surface area contributed by atoms with Gasteiger partial charge in [0.2, 0.25) is 0 Å². The fourth-order valence-electron chi connectivity index (χ4n) is 1.32. The number of aryl methyl sites for hydroxylation is 1. The Morgan fingerprint density at radius 3 is 2.67 bits per heavy atom. The minimum absolute atomic E-state index is 0.285. The highest BCUT2D eigenvalue weighted by molar-refractivity contribution is 5.55. The summed E-state index contributed by atoms with van der Waals surface area (Å²) in [5, 5.41) is 0. The van der Waals surface area contributed by atoms with Crippen molar-refractivity contribution in [3.8, 4) is 11.4 Å². The van der Waals surface area contributed by atoms with E-state index in [4.69, 9.17) is 0 Å². The lowest BCUT2D eigenvalue weighted by atomic mass is 10.1. The normalized spacial score (nSPS) is 10.2. The Morgan fingerprint density at radius 2 is 2.00 bits per heavy atom. The summed E-state index contributed by atoms with van der Waals surface area (Å²) in [5.41, 5.74) is 0.565. The van der Waals surface area contributed by atoms with Crippen molar-refractivity contribution >= 4 is 0 Å². The van der Waals surface area contributed by atoms with E-state index in [1.54, 1.807) is 6.07 Å². The van der Waals surface area contributed by atoms with Crippen LogP contribution in [0.4, 0.5) is 0 Å². The second-order valence-electron chi connectivity index (χ2n) is 3.21. The quantitative estimate of drug-likeness (QED) is 0.705. The molecule has 76 valence electrons. The van der Waals surface area contributed by atoms with Gasteiger partial charge in [0, 0.05) is 5.56 Å². The molecule has 0 unspecified atom stereocenters. The van der Waals surface area contributed by atoms with Crippen LogP contribution in [0, 0.1) is 6.92 Å². The van der Waals surface area contributed by atoms with Crippen LogP contribution in [-0.4, -0.2) is 15.0 Å². The SMILES string of the molecule is Cc1cccc(-c2nc(=O)[nH]c(=O)[nH]2)c1. The number of rotatable bonds is 1. The van der Waals surface area contributed by atoms with E-state index in [9.17, 15) is 9.59 Å². The van der Waals surface area contributed by atoms with Crippen molar-refractivity contribution in [2.75, 3.05) is 0 Å². The Hall–Kier alpha value is -2.17. The molecule has 0 atom stereocenters. The molecule has 1 aromatic carbocycles. The third-order valence-corrected chi connectivity index (χ3v) is 1.96. The van der Waals surface area contributed by atoms with E-state index in [-0.39, 0.29) is 5.82 Å². The fraction of sp³-hybridized carbons (Fsp3) is 0.100. The van der Waals surface area contributed by atoms with E-state index in [1.807, 2.05) is 30.1 Å². The summed E-state index contributed by atoms with van der Waals surface area (Å²) in [6.45, 7) is 1.93. The summed E-state index contributed by atoms with van der Waals surface area (Å²) in [6, 6.07) is 7.39. The maximum atomic E-state index is 11.0. The number of nitrogens with one attached hydrogen (secondary N) is 2. The number of hydrogen-bond donors (Lipinski definition) is 2. The molecular formula is C10H9N3O2. The Morgan fingerprint density at radius 1 is 1.20 bits per heavy atom. The Bertz CT molecular complexity index is 570. The van der Waals surface area contributed by atoms with Crippen molar-refractivity contribution in [1.29, 1.82) is 0 Å². The highest BCUT2D eigenvalue weighted by Crippen LogP contribution is 2.12.